The van der Waals surface area contributed by atoms with Crippen molar-refractivity contribution in [1.29, 1.82) is 0 Å². The van der Waals surface area contributed by atoms with Crippen molar-refractivity contribution in [3.8, 4) is 11.5 Å². The second kappa shape index (κ2) is 9.19. The molecule has 0 unspecified atom stereocenters. The molecule has 0 aromatic heterocycles. The Morgan fingerprint density at radius 2 is 1.96 bits per heavy atom. The number of benzene rings is 2. The first-order valence-corrected chi connectivity index (χ1v) is 7.66. The number of nitrogens with one attached hydrogen (secondary N) is 1. The third-order valence-corrected chi connectivity index (χ3v) is 3.18. The van der Waals surface area contributed by atoms with Crippen LogP contribution in [0.15, 0.2) is 53.6 Å². The quantitative estimate of drug-likeness (QED) is 0.441. The summed E-state index contributed by atoms with van der Waals surface area (Å²) >= 11 is 0. The molecule has 2 aromatic rings. The number of rotatable bonds is 8. The summed E-state index contributed by atoms with van der Waals surface area (Å²) in [4.78, 5) is 11.9. The lowest BCUT2D eigenvalue weighted by Gasteiger charge is -2.12. The first kappa shape index (κ1) is 17.3. The number of amides is 1. The van der Waals surface area contributed by atoms with Gasteiger partial charge in [0.15, 0.2) is 18.1 Å². The molecule has 0 heterocycles. The van der Waals surface area contributed by atoms with Crippen LogP contribution in [0, 0.1) is 0 Å². The van der Waals surface area contributed by atoms with Gasteiger partial charge < -0.3 is 20.6 Å². The first-order valence-electron chi connectivity index (χ1n) is 7.66. The zero-order chi connectivity index (χ0) is 17.2. The van der Waals surface area contributed by atoms with Gasteiger partial charge in [-0.2, -0.15) is 5.10 Å². The van der Waals surface area contributed by atoms with Crippen molar-refractivity contribution in [1.82, 2.24) is 5.32 Å². The van der Waals surface area contributed by atoms with Crippen molar-refractivity contribution in [2.75, 3.05) is 13.2 Å². The number of hydrazone groups is 1. The summed E-state index contributed by atoms with van der Waals surface area (Å²) in [6.45, 7) is 2.74. The van der Waals surface area contributed by atoms with E-state index < -0.39 is 0 Å². The Kier molecular flexibility index (Phi) is 6.64. The Hall–Kier alpha value is -3.02. The average molecular weight is 327 g/mol. The van der Waals surface area contributed by atoms with Crippen molar-refractivity contribution in [3.63, 3.8) is 0 Å². The highest BCUT2D eigenvalue weighted by atomic mass is 16.5. The van der Waals surface area contributed by atoms with Crippen molar-refractivity contribution >= 4 is 12.1 Å². The van der Waals surface area contributed by atoms with E-state index >= 15 is 0 Å². The lowest BCUT2D eigenvalue weighted by Crippen LogP contribution is -2.28. The van der Waals surface area contributed by atoms with E-state index in [-0.39, 0.29) is 12.5 Å². The van der Waals surface area contributed by atoms with E-state index in [4.69, 9.17) is 15.3 Å². The Morgan fingerprint density at radius 1 is 1.17 bits per heavy atom. The standard InChI is InChI=1S/C18H21N3O3/c1-2-23-17-10-15(12-21-19)8-9-16(17)24-13-18(22)20-11-14-6-4-3-5-7-14/h3-10,12H,2,11,13,19H2,1H3,(H,20,22). The van der Waals surface area contributed by atoms with Gasteiger partial charge in [-0.1, -0.05) is 30.3 Å². The van der Waals surface area contributed by atoms with Crippen LogP contribution in [0.4, 0.5) is 0 Å². The SMILES string of the molecule is CCOc1cc(C=NN)ccc1OCC(=O)NCc1ccccc1. The van der Waals surface area contributed by atoms with Crippen LogP contribution in [0.1, 0.15) is 18.1 Å². The molecule has 0 saturated heterocycles. The van der Waals surface area contributed by atoms with Gasteiger partial charge >= 0.3 is 0 Å². The fraction of sp³-hybridized carbons (Fsp3) is 0.222. The molecule has 0 radical (unpaired) electrons. The summed E-state index contributed by atoms with van der Waals surface area (Å²) in [5.41, 5.74) is 1.83. The van der Waals surface area contributed by atoms with E-state index in [0.717, 1.165) is 11.1 Å². The van der Waals surface area contributed by atoms with Crippen LogP contribution in [0.3, 0.4) is 0 Å². The predicted molar refractivity (Wildman–Crippen MR) is 93.2 cm³/mol. The average Bonchev–Trinajstić information content (AvgIpc) is 2.61. The van der Waals surface area contributed by atoms with E-state index in [1.54, 1.807) is 18.2 Å². The summed E-state index contributed by atoms with van der Waals surface area (Å²) in [5, 5.41) is 6.29. The first-order chi connectivity index (χ1) is 11.7. The molecular weight excluding hydrogens is 306 g/mol. The zero-order valence-corrected chi connectivity index (χ0v) is 13.6. The topological polar surface area (TPSA) is 85.9 Å². The van der Waals surface area contributed by atoms with E-state index in [1.807, 2.05) is 37.3 Å². The van der Waals surface area contributed by atoms with E-state index in [0.29, 0.717) is 24.7 Å². The summed E-state index contributed by atoms with van der Waals surface area (Å²) in [7, 11) is 0. The number of carbonyl (C=O) groups is 1. The second-order valence-electron chi connectivity index (χ2n) is 4.97. The Balaban J connectivity index is 1.91. The molecule has 6 nitrogen and oxygen atoms in total. The third kappa shape index (κ3) is 5.31. The fourth-order valence-electron chi connectivity index (χ4n) is 2.07. The van der Waals surface area contributed by atoms with Gasteiger partial charge in [0.2, 0.25) is 0 Å². The minimum Gasteiger partial charge on any atom is -0.490 e. The summed E-state index contributed by atoms with van der Waals surface area (Å²) < 4.78 is 11.1. The molecule has 0 spiro atoms. The number of hydrogen-bond acceptors (Lipinski definition) is 5. The number of carbonyl (C=O) groups excluding carboxylic acids is 1. The normalized spacial score (nSPS) is 10.5. The third-order valence-electron chi connectivity index (χ3n) is 3.18. The highest BCUT2D eigenvalue weighted by molar-refractivity contribution is 5.81. The van der Waals surface area contributed by atoms with Gasteiger partial charge in [0, 0.05) is 6.54 Å². The molecule has 2 aromatic carbocycles. The van der Waals surface area contributed by atoms with Crippen LogP contribution >= 0.6 is 0 Å². The van der Waals surface area contributed by atoms with Crippen molar-refractivity contribution in [2.45, 2.75) is 13.5 Å². The number of nitrogens with zero attached hydrogens (tertiary/aromatic N) is 1. The minimum atomic E-state index is -0.200. The van der Waals surface area contributed by atoms with E-state index in [1.165, 1.54) is 6.21 Å². The summed E-state index contributed by atoms with van der Waals surface area (Å²) in [6.07, 6.45) is 1.51. The van der Waals surface area contributed by atoms with Crippen LogP contribution in [0.5, 0.6) is 11.5 Å². The van der Waals surface area contributed by atoms with Gasteiger partial charge in [-0.25, -0.2) is 0 Å². The second-order valence-corrected chi connectivity index (χ2v) is 4.97. The molecule has 24 heavy (non-hydrogen) atoms. The minimum absolute atomic E-state index is 0.0861. The number of nitrogens with two attached hydrogens (primary N) is 1. The lowest BCUT2D eigenvalue weighted by atomic mass is 10.2. The summed E-state index contributed by atoms with van der Waals surface area (Å²) in [6, 6.07) is 15.0. The monoisotopic (exact) mass is 327 g/mol. The largest absolute Gasteiger partial charge is 0.490 e. The van der Waals surface area contributed by atoms with Crippen LogP contribution in [0.2, 0.25) is 0 Å². The van der Waals surface area contributed by atoms with Crippen LogP contribution < -0.4 is 20.6 Å². The maximum Gasteiger partial charge on any atom is 0.258 e. The van der Waals surface area contributed by atoms with Crippen molar-refractivity contribution in [3.05, 3.63) is 59.7 Å². The smallest absolute Gasteiger partial charge is 0.258 e. The van der Waals surface area contributed by atoms with Gasteiger partial charge in [-0.05, 0) is 36.2 Å². The maximum absolute atomic E-state index is 11.9. The fourth-order valence-corrected chi connectivity index (χ4v) is 2.07. The van der Waals surface area contributed by atoms with Gasteiger partial charge in [-0.3, -0.25) is 4.79 Å². The molecule has 0 fully saturated rings. The molecule has 0 aliphatic heterocycles. The van der Waals surface area contributed by atoms with Crippen molar-refractivity contribution < 1.29 is 14.3 Å². The van der Waals surface area contributed by atoms with Gasteiger partial charge in [-0.15, -0.1) is 0 Å². The van der Waals surface area contributed by atoms with Gasteiger partial charge in [0.1, 0.15) is 0 Å². The highest BCUT2D eigenvalue weighted by Gasteiger charge is 2.09. The molecule has 6 heteroatoms. The molecule has 0 saturated carbocycles. The molecule has 0 bridgehead atoms. The molecule has 3 N–H and O–H groups in total. The lowest BCUT2D eigenvalue weighted by molar-refractivity contribution is -0.123. The Morgan fingerprint density at radius 3 is 2.67 bits per heavy atom. The van der Waals surface area contributed by atoms with E-state index in [2.05, 4.69) is 10.4 Å². The van der Waals surface area contributed by atoms with Crippen LogP contribution in [0.25, 0.3) is 0 Å². The van der Waals surface area contributed by atoms with Crippen molar-refractivity contribution in [2.24, 2.45) is 10.9 Å². The molecular formula is C18H21N3O3. The Bertz CT molecular complexity index is 687. The Labute approximate surface area is 141 Å². The summed E-state index contributed by atoms with van der Waals surface area (Å²) in [5.74, 6) is 5.99. The molecule has 2 rings (SSSR count). The number of ether oxygens (including phenoxy) is 2. The van der Waals surface area contributed by atoms with Crippen LogP contribution in [-0.4, -0.2) is 25.3 Å². The van der Waals surface area contributed by atoms with E-state index in [9.17, 15) is 4.79 Å². The van der Waals surface area contributed by atoms with Gasteiger partial charge in [0.25, 0.3) is 5.91 Å². The molecule has 126 valence electrons. The maximum atomic E-state index is 11.9. The van der Waals surface area contributed by atoms with Crippen LogP contribution in [-0.2, 0) is 11.3 Å². The predicted octanol–water partition coefficient (Wildman–Crippen LogP) is 2.07. The van der Waals surface area contributed by atoms with Gasteiger partial charge in [0.05, 0.1) is 12.8 Å². The molecule has 0 atom stereocenters. The highest BCUT2D eigenvalue weighted by Crippen LogP contribution is 2.28. The zero-order valence-electron chi connectivity index (χ0n) is 13.6. The molecule has 0 aliphatic rings. The number of hydrogen-bond donors (Lipinski definition) is 2. The molecule has 0 aliphatic carbocycles. The molecule has 1 amide bonds.